The van der Waals surface area contributed by atoms with Crippen molar-refractivity contribution in [2.24, 2.45) is 0 Å². The van der Waals surface area contributed by atoms with Gasteiger partial charge in [0.15, 0.2) is 4.90 Å². The maximum atomic E-state index is 12.5. The molecule has 0 amide bonds. The average molecular weight is 443 g/mol. The molecule has 29 heavy (non-hydrogen) atoms. The Hall–Kier alpha value is -2.28. The van der Waals surface area contributed by atoms with E-state index >= 15 is 0 Å². The van der Waals surface area contributed by atoms with Gasteiger partial charge < -0.3 is 4.98 Å². The van der Waals surface area contributed by atoms with E-state index in [9.17, 15) is 26.4 Å². The minimum absolute atomic E-state index is 0.00143. The van der Waals surface area contributed by atoms with Crippen LogP contribution in [0.4, 0.5) is 0 Å². The molecular formula is C17H22N4O6S2. The van der Waals surface area contributed by atoms with Crippen LogP contribution in [0, 0.1) is 6.92 Å². The van der Waals surface area contributed by atoms with Crippen molar-refractivity contribution < 1.29 is 16.8 Å². The van der Waals surface area contributed by atoms with E-state index in [0.717, 1.165) is 18.4 Å². The quantitative estimate of drug-likeness (QED) is 0.535. The summed E-state index contributed by atoms with van der Waals surface area (Å²) in [5.41, 5.74) is -1.09. The Labute approximate surface area is 168 Å². The van der Waals surface area contributed by atoms with Crippen LogP contribution < -0.4 is 16.0 Å². The van der Waals surface area contributed by atoms with Crippen molar-refractivity contribution in [3.05, 3.63) is 56.4 Å². The van der Waals surface area contributed by atoms with Crippen LogP contribution in [0.25, 0.3) is 0 Å². The van der Waals surface area contributed by atoms with Crippen molar-refractivity contribution >= 4 is 20.0 Å². The van der Waals surface area contributed by atoms with Crippen LogP contribution in [0.15, 0.2) is 43.6 Å². The van der Waals surface area contributed by atoms with Crippen molar-refractivity contribution in [3.63, 3.8) is 0 Å². The number of nitrogens with zero attached hydrogens (tertiary/aromatic N) is 1. The lowest BCUT2D eigenvalue weighted by molar-refractivity contribution is 0.477. The molecule has 1 aromatic heterocycles. The summed E-state index contributed by atoms with van der Waals surface area (Å²) in [6.45, 7) is 2.37. The number of benzene rings is 1. The van der Waals surface area contributed by atoms with Gasteiger partial charge in [0, 0.05) is 25.3 Å². The SMILES string of the molecule is Cc1[nH]c(=O)[nH]c(=O)c1S(=O)(=O)NCCc1ccc(S(=O)(=O)N2CCCC2)cc1. The molecule has 12 heteroatoms. The molecule has 1 fully saturated rings. The van der Waals surface area contributed by atoms with E-state index < -0.39 is 36.2 Å². The molecule has 0 saturated carbocycles. The minimum atomic E-state index is -4.12. The van der Waals surface area contributed by atoms with Gasteiger partial charge in [-0.3, -0.25) is 9.78 Å². The van der Waals surface area contributed by atoms with Gasteiger partial charge in [0.1, 0.15) is 0 Å². The number of aromatic amines is 2. The van der Waals surface area contributed by atoms with E-state index in [1.807, 2.05) is 4.98 Å². The number of nitrogens with one attached hydrogen (secondary N) is 3. The number of rotatable bonds is 7. The van der Waals surface area contributed by atoms with E-state index in [4.69, 9.17) is 0 Å². The van der Waals surface area contributed by atoms with Crippen LogP contribution >= 0.6 is 0 Å². The second kappa shape index (κ2) is 8.22. The second-order valence-electron chi connectivity index (χ2n) is 6.77. The first-order valence-electron chi connectivity index (χ1n) is 9.03. The smallest absolute Gasteiger partial charge is 0.310 e. The zero-order valence-electron chi connectivity index (χ0n) is 15.8. The Morgan fingerprint density at radius 2 is 1.62 bits per heavy atom. The molecule has 1 saturated heterocycles. The molecule has 0 unspecified atom stereocenters. The molecule has 1 aliphatic heterocycles. The van der Waals surface area contributed by atoms with Gasteiger partial charge in [-0.15, -0.1) is 0 Å². The van der Waals surface area contributed by atoms with Gasteiger partial charge >= 0.3 is 5.69 Å². The van der Waals surface area contributed by atoms with Gasteiger partial charge in [-0.05, 0) is 43.9 Å². The number of aryl methyl sites for hydroxylation is 1. The first-order chi connectivity index (χ1) is 13.6. The van der Waals surface area contributed by atoms with E-state index in [2.05, 4.69) is 9.71 Å². The van der Waals surface area contributed by atoms with Gasteiger partial charge in [0.05, 0.1) is 4.90 Å². The highest BCUT2D eigenvalue weighted by atomic mass is 32.2. The molecule has 1 aromatic carbocycles. The Morgan fingerprint density at radius 1 is 1.00 bits per heavy atom. The molecule has 0 bridgehead atoms. The molecule has 158 valence electrons. The maximum Gasteiger partial charge on any atom is 0.325 e. The average Bonchev–Trinajstić information content (AvgIpc) is 3.16. The minimum Gasteiger partial charge on any atom is -0.310 e. The fourth-order valence-electron chi connectivity index (χ4n) is 3.22. The fourth-order valence-corrected chi connectivity index (χ4v) is 6.00. The Morgan fingerprint density at radius 3 is 2.21 bits per heavy atom. The Bertz CT molecular complexity index is 1210. The lowest BCUT2D eigenvalue weighted by atomic mass is 10.2. The molecule has 3 N–H and O–H groups in total. The molecule has 2 heterocycles. The van der Waals surface area contributed by atoms with Crippen molar-refractivity contribution in [1.82, 2.24) is 19.0 Å². The number of sulfonamides is 2. The van der Waals surface area contributed by atoms with Crippen LogP contribution in [0.1, 0.15) is 24.1 Å². The number of hydrogen-bond donors (Lipinski definition) is 3. The van der Waals surface area contributed by atoms with Crippen LogP contribution in [0.2, 0.25) is 0 Å². The standard InChI is InChI=1S/C17H22N4O6S2/c1-12-15(16(22)20-17(23)19-12)28(24,25)18-9-8-13-4-6-14(7-5-13)29(26,27)21-10-2-3-11-21/h4-7,18H,2-3,8-11H2,1H3,(H2,19,20,22,23). The summed E-state index contributed by atoms with van der Waals surface area (Å²) in [5, 5.41) is 0. The summed E-state index contributed by atoms with van der Waals surface area (Å²) in [4.78, 5) is 26.8. The molecular weight excluding hydrogens is 420 g/mol. The van der Waals surface area contributed by atoms with E-state index in [1.165, 1.54) is 23.4 Å². The lowest BCUT2D eigenvalue weighted by Crippen LogP contribution is -2.35. The Balaban J connectivity index is 1.66. The third-order valence-electron chi connectivity index (χ3n) is 4.68. The van der Waals surface area contributed by atoms with Crippen LogP contribution in [-0.2, 0) is 26.5 Å². The Kier molecular flexibility index (Phi) is 6.08. The van der Waals surface area contributed by atoms with E-state index in [-0.39, 0.29) is 17.1 Å². The topological polar surface area (TPSA) is 149 Å². The third-order valence-corrected chi connectivity index (χ3v) is 8.20. The van der Waals surface area contributed by atoms with Gasteiger partial charge in [-0.2, -0.15) is 4.31 Å². The monoisotopic (exact) mass is 442 g/mol. The zero-order chi connectivity index (χ0) is 21.2. The van der Waals surface area contributed by atoms with Crippen molar-refractivity contribution in [3.8, 4) is 0 Å². The second-order valence-corrected chi connectivity index (χ2v) is 10.4. The molecule has 0 atom stereocenters. The van der Waals surface area contributed by atoms with E-state index in [1.54, 1.807) is 12.1 Å². The van der Waals surface area contributed by atoms with Crippen LogP contribution in [0.3, 0.4) is 0 Å². The highest BCUT2D eigenvalue weighted by Crippen LogP contribution is 2.21. The van der Waals surface area contributed by atoms with Crippen LogP contribution in [-0.4, -0.2) is 50.7 Å². The number of H-pyrrole nitrogens is 2. The zero-order valence-corrected chi connectivity index (χ0v) is 17.4. The van der Waals surface area contributed by atoms with Gasteiger partial charge in [-0.25, -0.2) is 26.4 Å². The predicted octanol–water partition coefficient (Wildman–Crippen LogP) is -0.323. The summed E-state index contributed by atoms with van der Waals surface area (Å²) in [7, 11) is -7.61. The molecule has 1 aliphatic rings. The maximum absolute atomic E-state index is 12.5. The predicted molar refractivity (Wildman–Crippen MR) is 106 cm³/mol. The fraction of sp³-hybridized carbons (Fsp3) is 0.412. The highest BCUT2D eigenvalue weighted by molar-refractivity contribution is 7.89. The largest absolute Gasteiger partial charge is 0.325 e. The van der Waals surface area contributed by atoms with Gasteiger partial charge in [0.25, 0.3) is 5.56 Å². The summed E-state index contributed by atoms with van der Waals surface area (Å²) >= 11 is 0. The summed E-state index contributed by atoms with van der Waals surface area (Å²) in [5.74, 6) is 0. The van der Waals surface area contributed by atoms with Crippen LogP contribution in [0.5, 0.6) is 0 Å². The van der Waals surface area contributed by atoms with Gasteiger partial charge in [0.2, 0.25) is 20.0 Å². The highest BCUT2D eigenvalue weighted by Gasteiger charge is 2.27. The molecule has 0 aliphatic carbocycles. The summed E-state index contributed by atoms with van der Waals surface area (Å²) in [6.07, 6.45) is 2.01. The molecule has 10 nitrogen and oxygen atoms in total. The lowest BCUT2D eigenvalue weighted by Gasteiger charge is -2.15. The van der Waals surface area contributed by atoms with E-state index in [0.29, 0.717) is 19.5 Å². The normalized spacial score (nSPS) is 15.6. The molecule has 2 aromatic rings. The van der Waals surface area contributed by atoms with Gasteiger partial charge in [-0.1, -0.05) is 12.1 Å². The van der Waals surface area contributed by atoms with Crippen molar-refractivity contribution in [2.45, 2.75) is 36.0 Å². The third kappa shape index (κ3) is 4.66. The molecule has 3 rings (SSSR count). The molecule has 0 radical (unpaired) electrons. The summed E-state index contributed by atoms with van der Waals surface area (Å²) in [6, 6.07) is 6.28. The summed E-state index contributed by atoms with van der Waals surface area (Å²) < 4.78 is 53.5. The number of hydrogen-bond acceptors (Lipinski definition) is 6. The van der Waals surface area contributed by atoms with Crippen molar-refractivity contribution in [2.75, 3.05) is 19.6 Å². The van der Waals surface area contributed by atoms with Crippen molar-refractivity contribution in [1.29, 1.82) is 0 Å². The first-order valence-corrected chi connectivity index (χ1v) is 12.0. The number of aromatic nitrogens is 2. The first kappa shape index (κ1) is 21.4. The molecule has 0 spiro atoms.